The maximum atomic E-state index is 12.1. The van der Waals surface area contributed by atoms with Crippen LogP contribution in [-0.2, 0) is 11.3 Å². The number of amides is 1. The van der Waals surface area contributed by atoms with E-state index in [2.05, 4.69) is 10.6 Å². The number of benzene rings is 1. The van der Waals surface area contributed by atoms with E-state index in [-0.39, 0.29) is 11.9 Å². The summed E-state index contributed by atoms with van der Waals surface area (Å²) in [5.74, 6) is 0.940. The SMILES string of the molecule is COc1ccccc1CNC(C)C(=O)NC1CCCC1. The predicted octanol–water partition coefficient (Wildman–Crippen LogP) is 2.23. The van der Waals surface area contributed by atoms with Crippen molar-refractivity contribution in [3.63, 3.8) is 0 Å². The van der Waals surface area contributed by atoms with Gasteiger partial charge in [-0.05, 0) is 25.8 Å². The van der Waals surface area contributed by atoms with E-state index in [1.807, 2.05) is 31.2 Å². The van der Waals surface area contributed by atoms with Crippen LogP contribution in [0.1, 0.15) is 38.2 Å². The van der Waals surface area contributed by atoms with Gasteiger partial charge in [0.1, 0.15) is 5.75 Å². The van der Waals surface area contributed by atoms with Gasteiger partial charge in [0.2, 0.25) is 5.91 Å². The lowest BCUT2D eigenvalue weighted by Gasteiger charge is -2.18. The Morgan fingerprint density at radius 3 is 2.75 bits per heavy atom. The van der Waals surface area contributed by atoms with E-state index >= 15 is 0 Å². The van der Waals surface area contributed by atoms with E-state index < -0.39 is 0 Å². The highest BCUT2D eigenvalue weighted by molar-refractivity contribution is 5.81. The van der Waals surface area contributed by atoms with Crippen LogP contribution in [0.4, 0.5) is 0 Å². The smallest absolute Gasteiger partial charge is 0.237 e. The summed E-state index contributed by atoms with van der Waals surface area (Å²) in [4.78, 5) is 12.1. The molecule has 0 bridgehead atoms. The summed E-state index contributed by atoms with van der Waals surface area (Å²) in [7, 11) is 1.66. The van der Waals surface area contributed by atoms with Crippen molar-refractivity contribution >= 4 is 5.91 Å². The Labute approximate surface area is 120 Å². The van der Waals surface area contributed by atoms with Crippen LogP contribution < -0.4 is 15.4 Å². The zero-order valence-electron chi connectivity index (χ0n) is 12.3. The third kappa shape index (κ3) is 3.97. The zero-order valence-corrected chi connectivity index (χ0v) is 12.3. The summed E-state index contributed by atoms with van der Waals surface area (Å²) in [5, 5.41) is 6.37. The summed E-state index contributed by atoms with van der Waals surface area (Å²) in [6.45, 7) is 2.53. The Morgan fingerprint density at radius 1 is 1.35 bits per heavy atom. The first-order valence-corrected chi connectivity index (χ1v) is 7.36. The second kappa shape index (κ2) is 7.29. The number of hydrogen-bond acceptors (Lipinski definition) is 3. The zero-order chi connectivity index (χ0) is 14.4. The molecule has 1 amide bonds. The Kier molecular flexibility index (Phi) is 5.41. The van der Waals surface area contributed by atoms with Gasteiger partial charge in [0.05, 0.1) is 13.2 Å². The molecule has 0 heterocycles. The Hall–Kier alpha value is -1.55. The van der Waals surface area contributed by atoms with E-state index in [1.165, 1.54) is 12.8 Å². The van der Waals surface area contributed by atoms with Crippen LogP contribution in [-0.4, -0.2) is 25.1 Å². The molecule has 1 unspecified atom stereocenters. The third-order valence-corrected chi connectivity index (χ3v) is 3.89. The molecule has 110 valence electrons. The molecule has 4 nitrogen and oxygen atoms in total. The van der Waals surface area contributed by atoms with Crippen LogP contribution in [0.3, 0.4) is 0 Å². The normalized spacial score (nSPS) is 16.9. The number of methoxy groups -OCH3 is 1. The molecular weight excluding hydrogens is 252 g/mol. The van der Waals surface area contributed by atoms with Crippen LogP contribution in [0.2, 0.25) is 0 Å². The number of nitrogens with one attached hydrogen (secondary N) is 2. The predicted molar refractivity (Wildman–Crippen MR) is 79.7 cm³/mol. The first kappa shape index (κ1) is 14.9. The molecular formula is C16H24N2O2. The highest BCUT2D eigenvalue weighted by atomic mass is 16.5. The van der Waals surface area contributed by atoms with Crippen LogP contribution >= 0.6 is 0 Å². The van der Waals surface area contributed by atoms with Gasteiger partial charge in [-0.1, -0.05) is 31.0 Å². The Bertz CT molecular complexity index is 442. The first-order chi connectivity index (χ1) is 9.70. The molecule has 2 rings (SSSR count). The third-order valence-electron chi connectivity index (χ3n) is 3.89. The molecule has 4 heteroatoms. The summed E-state index contributed by atoms with van der Waals surface area (Å²) in [6, 6.07) is 8.04. The van der Waals surface area contributed by atoms with Gasteiger partial charge in [-0.25, -0.2) is 0 Å². The standard InChI is InChI=1S/C16H24N2O2/c1-12(16(19)18-14-8-4-5-9-14)17-11-13-7-3-6-10-15(13)20-2/h3,6-7,10,12,14,17H,4-5,8-9,11H2,1-2H3,(H,18,19). The molecule has 20 heavy (non-hydrogen) atoms. The largest absolute Gasteiger partial charge is 0.496 e. The molecule has 1 saturated carbocycles. The van der Waals surface area contributed by atoms with Gasteiger partial charge in [0.15, 0.2) is 0 Å². The highest BCUT2D eigenvalue weighted by Crippen LogP contribution is 2.18. The second-order valence-corrected chi connectivity index (χ2v) is 5.40. The minimum atomic E-state index is -0.194. The number of carbonyl (C=O) groups is 1. The van der Waals surface area contributed by atoms with E-state index in [4.69, 9.17) is 4.74 Å². The van der Waals surface area contributed by atoms with Crippen molar-refractivity contribution in [3.8, 4) is 5.75 Å². The fraction of sp³-hybridized carbons (Fsp3) is 0.562. The minimum absolute atomic E-state index is 0.0896. The summed E-state index contributed by atoms with van der Waals surface area (Å²) < 4.78 is 5.31. The maximum Gasteiger partial charge on any atom is 0.237 e. The van der Waals surface area contributed by atoms with E-state index in [0.717, 1.165) is 24.2 Å². The lowest BCUT2D eigenvalue weighted by Crippen LogP contribution is -2.45. The summed E-state index contributed by atoms with van der Waals surface area (Å²) in [6.07, 6.45) is 4.69. The maximum absolute atomic E-state index is 12.1. The number of ether oxygens (including phenoxy) is 1. The molecule has 0 aliphatic heterocycles. The van der Waals surface area contributed by atoms with E-state index in [0.29, 0.717) is 12.6 Å². The monoisotopic (exact) mass is 276 g/mol. The van der Waals surface area contributed by atoms with Gasteiger partial charge < -0.3 is 15.4 Å². The lowest BCUT2D eigenvalue weighted by atomic mass is 10.2. The fourth-order valence-corrected chi connectivity index (χ4v) is 2.60. The minimum Gasteiger partial charge on any atom is -0.496 e. The number of carbonyl (C=O) groups excluding carboxylic acids is 1. The van der Waals surface area contributed by atoms with Gasteiger partial charge in [-0.2, -0.15) is 0 Å². The number of hydrogen-bond donors (Lipinski definition) is 2. The van der Waals surface area contributed by atoms with Crippen molar-refractivity contribution in [1.29, 1.82) is 0 Å². The summed E-state index contributed by atoms with van der Waals surface area (Å²) in [5.41, 5.74) is 1.07. The average Bonchev–Trinajstić information content (AvgIpc) is 2.97. The number of rotatable bonds is 6. The summed E-state index contributed by atoms with van der Waals surface area (Å²) >= 11 is 0. The molecule has 1 aliphatic carbocycles. The van der Waals surface area contributed by atoms with Crippen LogP contribution in [0.5, 0.6) is 5.75 Å². The lowest BCUT2D eigenvalue weighted by molar-refractivity contribution is -0.123. The molecule has 0 saturated heterocycles. The van der Waals surface area contributed by atoms with Crippen LogP contribution in [0.25, 0.3) is 0 Å². The molecule has 1 atom stereocenters. The fourth-order valence-electron chi connectivity index (χ4n) is 2.60. The van der Waals surface area contributed by atoms with Crippen molar-refractivity contribution < 1.29 is 9.53 Å². The van der Waals surface area contributed by atoms with Gasteiger partial charge in [0, 0.05) is 18.2 Å². The molecule has 0 spiro atoms. The van der Waals surface area contributed by atoms with Crippen molar-refractivity contribution in [1.82, 2.24) is 10.6 Å². The molecule has 1 aromatic carbocycles. The van der Waals surface area contributed by atoms with Crippen LogP contribution in [0.15, 0.2) is 24.3 Å². The average molecular weight is 276 g/mol. The van der Waals surface area contributed by atoms with E-state index in [9.17, 15) is 4.79 Å². The molecule has 0 aromatic heterocycles. The van der Waals surface area contributed by atoms with Crippen molar-refractivity contribution in [2.24, 2.45) is 0 Å². The Morgan fingerprint density at radius 2 is 2.05 bits per heavy atom. The second-order valence-electron chi connectivity index (χ2n) is 5.40. The molecule has 1 aliphatic rings. The van der Waals surface area contributed by atoms with Crippen LogP contribution in [0, 0.1) is 0 Å². The molecule has 2 N–H and O–H groups in total. The van der Waals surface area contributed by atoms with Gasteiger partial charge in [-0.3, -0.25) is 4.79 Å². The van der Waals surface area contributed by atoms with Gasteiger partial charge in [0.25, 0.3) is 0 Å². The Balaban J connectivity index is 1.81. The van der Waals surface area contributed by atoms with Gasteiger partial charge in [-0.15, -0.1) is 0 Å². The molecule has 0 radical (unpaired) electrons. The highest BCUT2D eigenvalue weighted by Gasteiger charge is 2.20. The molecule has 1 aromatic rings. The van der Waals surface area contributed by atoms with Crippen molar-refractivity contribution in [2.45, 2.75) is 51.2 Å². The molecule has 1 fully saturated rings. The number of para-hydroxylation sites is 1. The van der Waals surface area contributed by atoms with Crippen molar-refractivity contribution in [2.75, 3.05) is 7.11 Å². The quantitative estimate of drug-likeness (QED) is 0.837. The van der Waals surface area contributed by atoms with Crippen molar-refractivity contribution in [3.05, 3.63) is 29.8 Å². The van der Waals surface area contributed by atoms with E-state index in [1.54, 1.807) is 7.11 Å². The topological polar surface area (TPSA) is 50.4 Å². The van der Waals surface area contributed by atoms with Gasteiger partial charge >= 0.3 is 0 Å². The first-order valence-electron chi connectivity index (χ1n) is 7.36.